The van der Waals surface area contributed by atoms with Crippen LogP contribution < -0.4 is 0 Å². The molecule has 0 spiro atoms. The van der Waals surface area contributed by atoms with Gasteiger partial charge < -0.3 is 5.11 Å². The van der Waals surface area contributed by atoms with Crippen molar-refractivity contribution in [2.75, 3.05) is 13.2 Å². The minimum atomic E-state index is 0.175. The largest absolute Gasteiger partial charge is 0.395 e. The van der Waals surface area contributed by atoms with Crippen molar-refractivity contribution in [1.82, 2.24) is 14.9 Å². The van der Waals surface area contributed by atoms with E-state index >= 15 is 0 Å². The predicted octanol–water partition coefficient (Wildman–Crippen LogP) is 2.80. The normalized spacial score (nSPS) is 15.3. The van der Waals surface area contributed by atoms with E-state index in [0.29, 0.717) is 12.5 Å². The maximum Gasteiger partial charge on any atom is 0.0959 e. The lowest BCUT2D eigenvalue weighted by Gasteiger charge is -2.22. The van der Waals surface area contributed by atoms with E-state index < -0.39 is 0 Å². The fraction of sp³-hybridized carbons (Fsp3) is 0.500. The third-order valence-electron chi connectivity index (χ3n) is 3.95. The molecule has 2 heterocycles. The molecule has 1 aliphatic carbocycles. The minimum Gasteiger partial charge on any atom is -0.395 e. The van der Waals surface area contributed by atoms with Crippen molar-refractivity contribution in [2.45, 2.75) is 38.3 Å². The molecular formula is C16H21N3OS. The number of hydrogen-bond acceptors (Lipinski definition) is 5. The van der Waals surface area contributed by atoms with E-state index in [-0.39, 0.29) is 6.61 Å². The lowest BCUT2D eigenvalue weighted by Crippen LogP contribution is -2.25. The van der Waals surface area contributed by atoms with Crippen molar-refractivity contribution in [3.8, 4) is 0 Å². The molecule has 0 radical (unpaired) electrons. The van der Waals surface area contributed by atoms with E-state index in [1.807, 2.05) is 29.8 Å². The van der Waals surface area contributed by atoms with Gasteiger partial charge in [-0.15, -0.1) is 11.3 Å². The SMILES string of the molecule is OCCN(Cc1cccnc1)Cc1cnc(C2CCC2)s1. The van der Waals surface area contributed by atoms with Crippen molar-refractivity contribution >= 4 is 11.3 Å². The van der Waals surface area contributed by atoms with E-state index in [1.54, 1.807) is 6.20 Å². The number of aliphatic hydroxyl groups is 1. The summed E-state index contributed by atoms with van der Waals surface area (Å²) in [5.74, 6) is 0.702. The molecule has 0 aliphatic heterocycles. The Bertz CT molecular complexity index is 554. The average molecular weight is 303 g/mol. The zero-order valence-corrected chi connectivity index (χ0v) is 12.9. The molecule has 112 valence electrons. The smallest absolute Gasteiger partial charge is 0.0959 e. The summed E-state index contributed by atoms with van der Waals surface area (Å²) in [6, 6.07) is 4.03. The van der Waals surface area contributed by atoms with Gasteiger partial charge in [-0.25, -0.2) is 4.98 Å². The Hall–Kier alpha value is -1.30. The Morgan fingerprint density at radius 1 is 1.29 bits per heavy atom. The van der Waals surface area contributed by atoms with E-state index in [2.05, 4.69) is 20.9 Å². The maximum absolute atomic E-state index is 9.26. The summed E-state index contributed by atoms with van der Waals surface area (Å²) in [5, 5.41) is 10.6. The summed E-state index contributed by atoms with van der Waals surface area (Å²) in [5.41, 5.74) is 1.18. The van der Waals surface area contributed by atoms with Crippen LogP contribution in [0.4, 0.5) is 0 Å². The van der Waals surface area contributed by atoms with Gasteiger partial charge in [-0.05, 0) is 24.5 Å². The lowest BCUT2D eigenvalue weighted by molar-refractivity contribution is 0.185. The summed E-state index contributed by atoms with van der Waals surface area (Å²) < 4.78 is 0. The molecule has 0 unspecified atom stereocenters. The summed E-state index contributed by atoms with van der Waals surface area (Å²) in [6.45, 7) is 2.50. The fourth-order valence-electron chi connectivity index (χ4n) is 2.57. The third-order valence-corrected chi connectivity index (χ3v) is 5.10. The van der Waals surface area contributed by atoms with Crippen LogP contribution in [0.5, 0.6) is 0 Å². The Morgan fingerprint density at radius 3 is 2.86 bits per heavy atom. The van der Waals surface area contributed by atoms with Crippen molar-refractivity contribution < 1.29 is 5.11 Å². The topological polar surface area (TPSA) is 49.2 Å². The molecule has 0 amide bonds. The molecule has 0 bridgehead atoms. The fourth-order valence-corrected chi connectivity index (χ4v) is 3.69. The number of thiazole rings is 1. The number of nitrogens with zero attached hydrogens (tertiary/aromatic N) is 3. The quantitative estimate of drug-likeness (QED) is 0.854. The molecule has 1 saturated carbocycles. The zero-order chi connectivity index (χ0) is 14.5. The van der Waals surface area contributed by atoms with Gasteiger partial charge in [0.25, 0.3) is 0 Å². The summed E-state index contributed by atoms with van der Waals surface area (Å²) in [4.78, 5) is 12.3. The van der Waals surface area contributed by atoms with Gasteiger partial charge in [0.1, 0.15) is 0 Å². The van der Waals surface area contributed by atoms with Crippen LogP contribution in [0.3, 0.4) is 0 Å². The average Bonchev–Trinajstić information content (AvgIpc) is 2.86. The molecule has 21 heavy (non-hydrogen) atoms. The molecule has 0 atom stereocenters. The van der Waals surface area contributed by atoms with Gasteiger partial charge in [0.05, 0.1) is 11.6 Å². The molecule has 2 aromatic rings. The molecule has 0 saturated heterocycles. The van der Waals surface area contributed by atoms with E-state index in [4.69, 9.17) is 0 Å². The molecule has 2 aromatic heterocycles. The highest BCUT2D eigenvalue weighted by Crippen LogP contribution is 2.38. The molecule has 1 N–H and O–H groups in total. The van der Waals surface area contributed by atoms with Gasteiger partial charge in [0, 0.05) is 49.0 Å². The highest BCUT2D eigenvalue weighted by Gasteiger charge is 2.22. The number of rotatable bonds is 7. The molecule has 1 aliphatic rings. The van der Waals surface area contributed by atoms with Crippen LogP contribution in [-0.4, -0.2) is 33.1 Å². The number of hydrogen-bond donors (Lipinski definition) is 1. The van der Waals surface area contributed by atoms with Crippen molar-refractivity contribution in [1.29, 1.82) is 0 Å². The molecular weight excluding hydrogens is 282 g/mol. The monoisotopic (exact) mass is 303 g/mol. The van der Waals surface area contributed by atoms with E-state index in [1.165, 1.54) is 34.7 Å². The highest BCUT2D eigenvalue weighted by atomic mass is 32.1. The first-order valence-corrected chi connectivity index (χ1v) is 8.33. The first kappa shape index (κ1) is 14.6. The second-order valence-corrected chi connectivity index (χ2v) is 6.73. The van der Waals surface area contributed by atoms with Crippen LogP contribution in [0.1, 0.15) is 40.6 Å². The highest BCUT2D eigenvalue weighted by molar-refractivity contribution is 7.11. The number of pyridine rings is 1. The standard InChI is InChI=1S/C16H21N3OS/c20-8-7-19(11-13-3-2-6-17-9-13)12-15-10-18-16(21-15)14-4-1-5-14/h2-3,6,9-10,14,20H,1,4-5,7-8,11-12H2. The zero-order valence-electron chi connectivity index (χ0n) is 12.1. The van der Waals surface area contributed by atoms with Crippen molar-refractivity contribution in [3.05, 3.63) is 46.2 Å². The van der Waals surface area contributed by atoms with Gasteiger partial charge in [-0.1, -0.05) is 12.5 Å². The first-order chi connectivity index (χ1) is 10.3. The Labute approximate surface area is 129 Å². The number of aromatic nitrogens is 2. The van der Waals surface area contributed by atoms with Gasteiger partial charge in [-0.2, -0.15) is 0 Å². The lowest BCUT2D eigenvalue weighted by atomic mass is 9.86. The van der Waals surface area contributed by atoms with Crippen LogP contribution in [0.25, 0.3) is 0 Å². The van der Waals surface area contributed by atoms with Crippen molar-refractivity contribution in [2.24, 2.45) is 0 Å². The Morgan fingerprint density at radius 2 is 2.19 bits per heavy atom. The van der Waals surface area contributed by atoms with Gasteiger partial charge in [0.15, 0.2) is 0 Å². The van der Waals surface area contributed by atoms with E-state index in [0.717, 1.165) is 13.1 Å². The maximum atomic E-state index is 9.26. The summed E-state index contributed by atoms with van der Waals surface area (Å²) in [7, 11) is 0. The van der Waals surface area contributed by atoms with Crippen molar-refractivity contribution in [3.63, 3.8) is 0 Å². The molecule has 1 fully saturated rings. The van der Waals surface area contributed by atoms with Crippen LogP contribution in [-0.2, 0) is 13.1 Å². The minimum absolute atomic E-state index is 0.175. The molecule has 3 rings (SSSR count). The van der Waals surface area contributed by atoms with Crippen LogP contribution in [0.15, 0.2) is 30.7 Å². The van der Waals surface area contributed by atoms with Crippen LogP contribution in [0.2, 0.25) is 0 Å². The third kappa shape index (κ3) is 3.87. The first-order valence-electron chi connectivity index (χ1n) is 7.52. The summed E-state index contributed by atoms with van der Waals surface area (Å²) in [6.07, 6.45) is 9.61. The van der Waals surface area contributed by atoms with Crippen LogP contribution in [0, 0.1) is 0 Å². The molecule has 5 heteroatoms. The summed E-state index contributed by atoms with van der Waals surface area (Å²) >= 11 is 1.83. The molecule has 4 nitrogen and oxygen atoms in total. The van der Waals surface area contributed by atoms with Gasteiger partial charge in [-0.3, -0.25) is 9.88 Å². The molecule has 0 aromatic carbocycles. The second kappa shape index (κ2) is 7.11. The van der Waals surface area contributed by atoms with E-state index in [9.17, 15) is 5.11 Å². The van der Waals surface area contributed by atoms with Crippen LogP contribution >= 0.6 is 11.3 Å². The van der Waals surface area contributed by atoms with Gasteiger partial charge in [0.2, 0.25) is 0 Å². The Balaban J connectivity index is 1.62. The predicted molar refractivity (Wildman–Crippen MR) is 84.1 cm³/mol. The number of aliphatic hydroxyl groups excluding tert-OH is 1. The Kier molecular flexibility index (Phi) is 4.95. The second-order valence-electron chi connectivity index (χ2n) is 5.59. The van der Waals surface area contributed by atoms with Gasteiger partial charge >= 0.3 is 0 Å².